The van der Waals surface area contributed by atoms with Gasteiger partial charge in [0.25, 0.3) is 0 Å². The summed E-state index contributed by atoms with van der Waals surface area (Å²) >= 11 is 5.99. The maximum absolute atomic E-state index is 12.0. The first-order chi connectivity index (χ1) is 10.3. The molecule has 0 atom stereocenters. The molecule has 1 aromatic rings. The number of carbonyl (C=O) groups is 1. The van der Waals surface area contributed by atoms with Gasteiger partial charge in [-0.15, -0.1) is 0 Å². The normalized spacial score (nSPS) is 11.1. The predicted octanol–water partition coefficient (Wildman–Crippen LogP) is 2.46. The fraction of sp³-hybridized carbons (Fsp3) is 0.462. The molecule has 0 fully saturated rings. The Hall–Kier alpha value is -1.67. The Kier molecular flexibility index (Phi) is 7.26. The molecule has 0 aliphatic rings. The zero-order valence-electron chi connectivity index (χ0n) is 11.8. The molecular weight excluding hydrogens is 325 g/mol. The molecule has 0 unspecified atom stereocenters. The molecule has 1 rings (SSSR count). The lowest BCUT2D eigenvalue weighted by molar-refractivity contribution is -0.137. The van der Waals surface area contributed by atoms with E-state index in [-0.39, 0.29) is 13.2 Å². The average molecular weight is 341 g/mol. The molecule has 0 spiro atoms. The van der Waals surface area contributed by atoms with Crippen LogP contribution in [0, 0.1) is 0 Å². The lowest BCUT2D eigenvalue weighted by Gasteiger charge is -2.14. The van der Waals surface area contributed by atoms with Crippen LogP contribution in [0.3, 0.4) is 0 Å². The molecule has 0 saturated heterocycles. The summed E-state index contributed by atoms with van der Waals surface area (Å²) in [6.07, 6.45) is -4.44. The molecule has 0 bridgehead atoms. The third kappa shape index (κ3) is 6.86. The molecule has 0 heterocycles. The summed E-state index contributed by atoms with van der Waals surface area (Å²) in [6, 6.07) is 4.82. The van der Waals surface area contributed by atoms with Gasteiger partial charge in [0.1, 0.15) is 13.2 Å². The van der Waals surface area contributed by atoms with Crippen LogP contribution in [0.15, 0.2) is 18.2 Å². The number of methoxy groups -OCH3 is 1. The number of rotatable bonds is 8. The van der Waals surface area contributed by atoms with E-state index in [9.17, 15) is 18.0 Å². The second-order valence-electron chi connectivity index (χ2n) is 4.20. The molecule has 2 N–H and O–H groups in total. The molecule has 0 aliphatic carbocycles. The van der Waals surface area contributed by atoms with Gasteiger partial charge in [-0.2, -0.15) is 13.2 Å². The molecule has 0 radical (unpaired) electrons. The van der Waals surface area contributed by atoms with Crippen LogP contribution in [0.1, 0.15) is 0 Å². The Morgan fingerprint density at radius 2 is 2.05 bits per heavy atom. The molecule has 0 saturated carbocycles. The van der Waals surface area contributed by atoms with Crippen molar-refractivity contribution in [1.29, 1.82) is 0 Å². The molecule has 5 nitrogen and oxygen atoms in total. The minimum atomic E-state index is -4.44. The number of nitrogens with one attached hydrogen (secondary N) is 2. The van der Waals surface area contributed by atoms with Crippen molar-refractivity contribution < 1.29 is 27.4 Å². The summed E-state index contributed by atoms with van der Waals surface area (Å²) in [5, 5.41) is 4.76. The number of carbonyl (C=O) groups excluding carboxylic acids is 1. The highest BCUT2D eigenvalue weighted by atomic mass is 35.5. The van der Waals surface area contributed by atoms with E-state index in [2.05, 4.69) is 5.32 Å². The number of halogens is 4. The molecule has 1 amide bonds. The van der Waals surface area contributed by atoms with Crippen LogP contribution in [0.25, 0.3) is 0 Å². The van der Waals surface area contributed by atoms with Gasteiger partial charge in [0.2, 0.25) is 5.91 Å². The largest absolute Gasteiger partial charge is 0.487 e. The van der Waals surface area contributed by atoms with Gasteiger partial charge in [-0.05, 0) is 12.1 Å². The molecule has 9 heteroatoms. The van der Waals surface area contributed by atoms with Crippen molar-refractivity contribution in [2.45, 2.75) is 6.18 Å². The molecular formula is C13H16ClF3N2O3. The highest BCUT2D eigenvalue weighted by molar-refractivity contribution is 6.32. The van der Waals surface area contributed by atoms with Gasteiger partial charge in [0.15, 0.2) is 5.75 Å². The highest BCUT2D eigenvalue weighted by Crippen LogP contribution is 2.32. The average Bonchev–Trinajstić information content (AvgIpc) is 2.44. The number of alkyl halides is 3. The zero-order valence-corrected chi connectivity index (χ0v) is 12.6. The van der Waals surface area contributed by atoms with E-state index in [0.717, 1.165) is 0 Å². The predicted molar refractivity (Wildman–Crippen MR) is 76.4 cm³/mol. The fourth-order valence-electron chi connectivity index (χ4n) is 1.46. The SMILES string of the molecule is COCCOc1c(Cl)cccc1NCC(=O)NCC(F)(F)F. The Morgan fingerprint density at radius 1 is 1.32 bits per heavy atom. The number of para-hydroxylation sites is 1. The van der Waals surface area contributed by atoms with Crippen LogP contribution in [0.4, 0.5) is 18.9 Å². The fourth-order valence-corrected chi connectivity index (χ4v) is 1.69. The van der Waals surface area contributed by atoms with Crippen molar-refractivity contribution in [3.63, 3.8) is 0 Å². The van der Waals surface area contributed by atoms with E-state index in [1.165, 1.54) is 7.11 Å². The van der Waals surface area contributed by atoms with Gasteiger partial charge < -0.3 is 20.1 Å². The number of hydrogen-bond donors (Lipinski definition) is 2. The smallest absolute Gasteiger partial charge is 0.405 e. The van der Waals surface area contributed by atoms with Crippen molar-refractivity contribution in [2.24, 2.45) is 0 Å². The number of hydrogen-bond acceptors (Lipinski definition) is 4. The van der Waals surface area contributed by atoms with Crippen LogP contribution in [-0.4, -0.2) is 45.5 Å². The molecule has 0 aromatic heterocycles. The van der Waals surface area contributed by atoms with Gasteiger partial charge in [0.05, 0.1) is 23.9 Å². The lowest BCUT2D eigenvalue weighted by Crippen LogP contribution is -2.37. The minimum Gasteiger partial charge on any atom is -0.487 e. The molecule has 22 heavy (non-hydrogen) atoms. The first-order valence-electron chi connectivity index (χ1n) is 6.31. The third-order valence-electron chi connectivity index (χ3n) is 2.43. The molecule has 124 valence electrons. The van der Waals surface area contributed by atoms with Crippen LogP contribution < -0.4 is 15.4 Å². The Labute approximate surface area is 130 Å². The van der Waals surface area contributed by atoms with Gasteiger partial charge in [0, 0.05) is 7.11 Å². The van der Waals surface area contributed by atoms with Crippen LogP contribution in [-0.2, 0) is 9.53 Å². The standard InChI is InChI=1S/C13H16ClF3N2O3/c1-21-5-6-22-12-9(14)3-2-4-10(12)18-7-11(20)19-8-13(15,16)17/h2-4,18H,5-8H2,1H3,(H,19,20). The summed E-state index contributed by atoms with van der Waals surface area (Å²) in [4.78, 5) is 11.4. The van der Waals surface area contributed by atoms with Crippen LogP contribution in [0.2, 0.25) is 5.02 Å². The van der Waals surface area contributed by atoms with Crippen molar-refractivity contribution in [1.82, 2.24) is 5.32 Å². The van der Waals surface area contributed by atoms with Gasteiger partial charge in [-0.1, -0.05) is 17.7 Å². The van der Waals surface area contributed by atoms with E-state index in [1.54, 1.807) is 23.5 Å². The van der Waals surface area contributed by atoms with Gasteiger partial charge in [-0.25, -0.2) is 0 Å². The van der Waals surface area contributed by atoms with Crippen molar-refractivity contribution in [2.75, 3.05) is 38.7 Å². The van der Waals surface area contributed by atoms with Crippen LogP contribution >= 0.6 is 11.6 Å². The minimum absolute atomic E-state index is 0.245. The maximum Gasteiger partial charge on any atom is 0.405 e. The number of amides is 1. The number of ether oxygens (including phenoxy) is 2. The Balaban J connectivity index is 2.57. The van der Waals surface area contributed by atoms with E-state index in [0.29, 0.717) is 23.1 Å². The van der Waals surface area contributed by atoms with Gasteiger partial charge >= 0.3 is 6.18 Å². The van der Waals surface area contributed by atoms with E-state index in [4.69, 9.17) is 21.1 Å². The summed E-state index contributed by atoms with van der Waals surface area (Å²) in [5.74, 6) is -0.481. The van der Waals surface area contributed by atoms with E-state index < -0.39 is 18.6 Å². The molecule has 0 aliphatic heterocycles. The summed E-state index contributed by atoms with van der Waals surface area (Å²) in [7, 11) is 1.51. The van der Waals surface area contributed by atoms with Crippen LogP contribution in [0.5, 0.6) is 5.75 Å². The second-order valence-corrected chi connectivity index (χ2v) is 4.61. The quantitative estimate of drug-likeness (QED) is 0.714. The Bertz CT molecular complexity index is 498. The highest BCUT2D eigenvalue weighted by Gasteiger charge is 2.27. The van der Waals surface area contributed by atoms with Crippen molar-refractivity contribution in [3.8, 4) is 5.75 Å². The van der Waals surface area contributed by atoms with Gasteiger partial charge in [-0.3, -0.25) is 4.79 Å². The first-order valence-corrected chi connectivity index (χ1v) is 6.69. The van der Waals surface area contributed by atoms with Crippen molar-refractivity contribution >= 4 is 23.2 Å². The summed E-state index contributed by atoms with van der Waals surface area (Å²) < 4.78 is 46.2. The van der Waals surface area contributed by atoms with E-state index in [1.807, 2.05) is 0 Å². The molecule has 1 aromatic carbocycles. The summed E-state index contributed by atoms with van der Waals surface area (Å²) in [5.41, 5.74) is 0.408. The topological polar surface area (TPSA) is 59.6 Å². The van der Waals surface area contributed by atoms with E-state index >= 15 is 0 Å². The first kappa shape index (κ1) is 18.4. The lowest BCUT2D eigenvalue weighted by atomic mass is 10.3. The number of anilines is 1. The van der Waals surface area contributed by atoms with Crippen molar-refractivity contribution in [3.05, 3.63) is 23.2 Å². The second kappa shape index (κ2) is 8.70. The maximum atomic E-state index is 12.0. The zero-order chi connectivity index (χ0) is 16.6. The summed E-state index contributed by atoms with van der Waals surface area (Å²) in [6.45, 7) is -1.12. The Morgan fingerprint density at radius 3 is 2.68 bits per heavy atom. The third-order valence-corrected chi connectivity index (χ3v) is 2.72. The monoisotopic (exact) mass is 340 g/mol. The number of benzene rings is 1.